The lowest BCUT2D eigenvalue weighted by Gasteiger charge is -2.33. The molecule has 11 heteroatoms. The van der Waals surface area contributed by atoms with Crippen molar-refractivity contribution in [2.75, 3.05) is 18.6 Å². The van der Waals surface area contributed by atoms with Crippen molar-refractivity contribution >= 4 is 29.4 Å². The summed E-state index contributed by atoms with van der Waals surface area (Å²) in [6.45, 7) is 7.09. The fourth-order valence-corrected chi connectivity index (χ4v) is 4.21. The number of halogens is 3. The summed E-state index contributed by atoms with van der Waals surface area (Å²) in [6, 6.07) is 0.0377. The highest BCUT2D eigenvalue weighted by atomic mass is 19.4. The van der Waals surface area contributed by atoms with Crippen molar-refractivity contribution in [2.45, 2.75) is 30.7 Å². The average molecular weight is 394 g/mol. The summed E-state index contributed by atoms with van der Waals surface area (Å²) in [5.41, 5.74) is -2.09. The minimum Gasteiger partial charge on any atom is -0.453 e. The van der Waals surface area contributed by atoms with E-state index in [1.807, 2.05) is 0 Å². The molecular weight excluding hydrogens is 381 g/mol. The Morgan fingerprint density at radius 1 is 1.32 bits per heavy atom. The highest BCUT2D eigenvalue weighted by Gasteiger charge is 2.63. The maximum Gasteiger partial charge on any atom is 0.409 e. The molecule has 3 atom stereocenters. The summed E-state index contributed by atoms with van der Waals surface area (Å²) in [6.07, 6.45) is -5.01. The van der Waals surface area contributed by atoms with Crippen LogP contribution in [0.2, 0.25) is 0 Å². The molecule has 4 amide bonds. The molecule has 2 bridgehead atoms. The molecule has 3 aliphatic heterocycles. The first-order chi connectivity index (χ1) is 13.2. The van der Waals surface area contributed by atoms with Crippen molar-refractivity contribution in [3.05, 3.63) is 35.2 Å². The molecule has 1 unspecified atom stereocenters. The molecule has 3 aliphatic rings. The number of benzene rings is 1. The fraction of sp³-hybridized carbons (Fsp3) is 0.412. The zero-order valence-corrected chi connectivity index (χ0v) is 14.4. The number of nitrogens with zero attached hydrogens (tertiary/aromatic N) is 4. The summed E-state index contributed by atoms with van der Waals surface area (Å²) in [5, 5.41) is 0. The first-order valence-corrected chi connectivity index (χ1v) is 8.28. The molecule has 0 N–H and O–H groups in total. The number of carbonyl (C=O) groups is 3. The van der Waals surface area contributed by atoms with Gasteiger partial charge in [0.1, 0.15) is 6.04 Å². The number of anilines is 1. The van der Waals surface area contributed by atoms with Gasteiger partial charge < -0.3 is 14.5 Å². The topological polar surface area (TPSA) is 74.5 Å². The number of likely N-dealkylation sites (tertiary alicyclic amines) is 1. The van der Waals surface area contributed by atoms with Crippen LogP contribution in [-0.2, 0) is 15.7 Å². The number of ether oxygens (including phenoxy) is 1. The summed E-state index contributed by atoms with van der Waals surface area (Å²) < 4.78 is 44.4. The van der Waals surface area contributed by atoms with Crippen LogP contribution >= 0.6 is 0 Å². The minimum atomic E-state index is -4.81. The van der Waals surface area contributed by atoms with E-state index in [4.69, 9.17) is 11.3 Å². The standard InChI is InChI=1S/C17H13F3N4O4/c1-21-11-4-3-8(5-10(11)17(18,19)20)24-14(25)13-12-6-9(23(13)15(24)26)7-22(12)16(27)28-2/h3-5,9,12-13H,6-7H2,2H3/t9?,12-,13-/m1/s1. The third kappa shape index (κ3) is 2.33. The van der Waals surface area contributed by atoms with Gasteiger partial charge in [0.25, 0.3) is 5.91 Å². The van der Waals surface area contributed by atoms with E-state index in [1.54, 1.807) is 0 Å². The van der Waals surface area contributed by atoms with Crippen LogP contribution in [0.25, 0.3) is 4.85 Å². The van der Waals surface area contributed by atoms with Crippen LogP contribution in [0, 0.1) is 6.57 Å². The monoisotopic (exact) mass is 394 g/mol. The van der Waals surface area contributed by atoms with Crippen LogP contribution in [0.5, 0.6) is 0 Å². The zero-order valence-electron chi connectivity index (χ0n) is 14.4. The Labute approximate surface area is 156 Å². The SMILES string of the molecule is [C-]#[N+]c1ccc(N2C(=O)[C@H]3[C@H]4CC(CN4C(=O)OC)N3C2=O)cc1C(F)(F)F. The van der Waals surface area contributed by atoms with Crippen molar-refractivity contribution in [3.8, 4) is 0 Å². The maximum atomic E-state index is 13.2. The van der Waals surface area contributed by atoms with Gasteiger partial charge in [-0.15, -0.1) is 0 Å². The molecule has 1 aromatic rings. The van der Waals surface area contributed by atoms with E-state index >= 15 is 0 Å². The average Bonchev–Trinajstić information content (AvgIpc) is 3.31. The smallest absolute Gasteiger partial charge is 0.409 e. The zero-order chi connectivity index (χ0) is 20.4. The number of urea groups is 1. The van der Waals surface area contributed by atoms with E-state index in [-0.39, 0.29) is 12.2 Å². The number of amides is 4. The number of carbonyl (C=O) groups excluding carboxylic acids is 3. The molecule has 0 spiro atoms. The molecule has 3 fully saturated rings. The van der Waals surface area contributed by atoms with Crippen molar-refractivity contribution in [3.63, 3.8) is 0 Å². The van der Waals surface area contributed by atoms with E-state index in [0.29, 0.717) is 17.4 Å². The third-order valence-corrected chi connectivity index (χ3v) is 5.34. The predicted octanol–water partition coefficient (Wildman–Crippen LogP) is 2.62. The van der Waals surface area contributed by atoms with Gasteiger partial charge in [0, 0.05) is 6.54 Å². The van der Waals surface area contributed by atoms with Crippen LogP contribution in [0.3, 0.4) is 0 Å². The molecule has 0 saturated carbocycles. The molecule has 0 radical (unpaired) electrons. The number of hydrogen-bond donors (Lipinski definition) is 0. The molecule has 3 saturated heterocycles. The maximum absolute atomic E-state index is 13.2. The van der Waals surface area contributed by atoms with Gasteiger partial charge in [-0.2, -0.15) is 13.2 Å². The van der Waals surface area contributed by atoms with Crippen LogP contribution < -0.4 is 4.90 Å². The van der Waals surface area contributed by atoms with Crippen molar-refractivity contribution in [2.24, 2.45) is 0 Å². The van der Waals surface area contributed by atoms with E-state index in [0.717, 1.165) is 12.1 Å². The molecule has 8 nitrogen and oxygen atoms in total. The second-order valence-corrected chi connectivity index (χ2v) is 6.70. The molecule has 1 aromatic carbocycles. The lowest BCUT2D eigenvalue weighted by molar-refractivity contribution is -0.136. The van der Waals surface area contributed by atoms with E-state index in [9.17, 15) is 27.6 Å². The van der Waals surface area contributed by atoms with Crippen molar-refractivity contribution < 1.29 is 32.3 Å². The first-order valence-electron chi connectivity index (χ1n) is 8.28. The highest BCUT2D eigenvalue weighted by molar-refractivity contribution is 6.22. The van der Waals surface area contributed by atoms with Gasteiger partial charge in [0.05, 0.1) is 37.0 Å². The predicted molar refractivity (Wildman–Crippen MR) is 87.5 cm³/mol. The highest BCUT2D eigenvalue weighted by Crippen LogP contribution is 2.44. The van der Waals surface area contributed by atoms with Crippen LogP contribution in [0.15, 0.2) is 18.2 Å². The van der Waals surface area contributed by atoms with Gasteiger partial charge in [-0.1, -0.05) is 6.07 Å². The number of imide groups is 1. The lowest BCUT2D eigenvalue weighted by Crippen LogP contribution is -2.54. The fourth-order valence-electron chi connectivity index (χ4n) is 4.21. The Morgan fingerprint density at radius 2 is 2.04 bits per heavy atom. The van der Waals surface area contributed by atoms with Crippen LogP contribution in [-0.4, -0.2) is 59.6 Å². The van der Waals surface area contributed by atoms with Crippen molar-refractivity contribution in [1.29, 1.82) is 0 Å². The summed E-state index contributed by atoms with van der Waals surface area (Å²) in [4.78, 5) is 43.8. The first kappa shape index (κ1) is 18.1. The van der Waals surface area contributed by atoms with Crippen LogP contribution in [0.4, 0.5) is 34.1 Å². The number of hydrogen-bond acceptors (Lipinski definition) is 4. The molecule has 28 heavy (non-hydrogen) atoms. The van der Waals surface area contributed by atoms with E-state index in [1.165, 1.54) is 16.9 Å². The Hall–Kier alpha value is -3.29. The van der Waals surface area contributed by atoms with Gasteiger partial charge in [-0.3, -0.25) is 4.79 Å². The number of piperazine rings is 1. The second kappa shape index (κ2) is 5.85. The lowest BCUT2D eigenvalue weighted by atomic mass is 10.1. The van der Waals surface area contributed by atoms with Gasteiger partial charge in [-0.25, -0.2) is 19.3 Å². The number of alkyl halides is 3. The summed E-state index contributed by atoms with van der Waals surface area (Å²) >= 11 is 0. The van der Waals surface area contributed by atoms with Crippen molar-refractivity contribution in [1.82, 2.24) is 9.80 Å². The molecule has 4 rings (SSSR count). The molecule has 3 heterocycles. The quantitative estimate of drug-likeness (QED) is 0.542. The molecular formula is C17H13F3N4O4. The normalized spacial score (nSPS) is 26.0. The Kier molecular flexibility index (Phi) is 3.78. The molecule has 146 valence electrons. The van der Waals surface area contributed by atoms with E-state index in [2.05, 4.69) is 4.85 Å². The molecule has 0 aliphatic carbocycles. The number of fused-ring (bicyclic) bond motifs is 5. The van der Waals surface area contributed by atoms with Gasteiger partial charge in [0.15, 0.2) is 5.69 Å². The summed E-state index contributed by atoms with van der Waals surface area (Å²) in [5.74, 6) is -0.699. The molecule has 0 aromatic heterocycles. The number of rotatable bonds is 1. The Balaban J connectivity index is 1.71. The van der Waals surface area contributed by atoms with Gasteiger partial charge in [0.2, 0.25) is 0 Å². The minimum absolute atomic E-state index is 0.200. The van der Waals surface area contributed by atoms with Gasteiger partial charge in [-0.05, 0) is 18.6 Å². The van der Waals surface area contributed by atoms with Gasteiger partial charge >= 0.3 is 18.3 Å². The summed E-state index contributed by atoms with van der Waals surface area (Å²) in [7, 11) is 1.21. The Bertz CT molecular complexity index is 941. The Morgan fingerprint density at radius 3 is 2.64 bits per heavy atom. The van der Waals surface area contributed by atoms with E-state index < -0.39 is 53.6 Å². The number of methoxy groups -OCH3 is 1. The van der Waals surface area contributed by atoms with Crippen LogP contribution in [0.1, 0.15) is 12.0 Å². The third-order valence-electron chi connectivity index (χ3n) is 5.34. The second-order valence-electron chi connectivity index (χ2n) is 6.70. The largest absolute Gasteiger partial charge is 0.453 e.